The van der Waals surface area contributed by atoms with E-state index >= 15 is 0 Å². The monoisotopic (exact) mass is 444 g/mol. The molecule has 156 valence electrons. The Morgan fingerprint density at radius 1 is 1.10 bits per heavy atom. The number of fused-ring (bicyclic) bond motifs is 1. The quantitative estimate of drug-likeness (QED) is 0.577. The standard InChI is InChI=1S/C22H21ClN2O4S/c23-20-17-3-1-2-4-18(17)30-21(20)22(27)29-14-19(26)24-16-7-5-15(6-8-16)13-25-9-11-28-12-10-25/h1-8H,9-14H2,(H,24,26). The molecule has 1 aromatic heterocycles. The predicted octanol–water partition coefficient (Wildman–Crippen LogP) is 4.18. The number of ether oxygens (including phenoxy) is 2. The molecule has 0 bridgehead atoms. The zero-order valence-electron chi connectivity index (χ0n) is 16.2. The summed E-state index contributed by atoms with van der Waals surface area (Å²) in [6, 6.07) is 15.1. The molecule has 1 aliphatic heterocycles. The number of nitrogens with zero attached hydrogens (tertiary/aromatic N) is 1. The van der Waals surface area contributed by atoms with Gasteiger partial charge in [0.25, 0.3) is 5.91 Å². The molecule has 0 radical (unpaired) electrons. The normalized spacial score (nSPS) is 14.6. The van der Waals surface area contributed by atoms with Gasteiger partial charge in [0.1, 0.15) is 4.88 Å². The van der Waals surface area contributed by atoms with Crippen LogP contribution in [0.4, 0.5) is 5.69 Å². The van der Waals surface area contributed by atoms with Crippen LogP contribution >= 0.6 is 22.9 Å². The van der Waals surface area contributed by atoms with Gasteiger partial charge in [-0.05, 0) is 23.8 Å². The Morgan fingerprint density at radius 2 is 1.83 bits per heavy atom. The molecule has 0 spiro atoms. The van der Waals surface area contributed by atoms with E-state index < -0.39 is 11.9 Å². The molecular weight excluding hydrogens is 424 g/mol. The van der Waals surface area contributed by atoms with Crippen molar-refractivity contribution in [2.45, 2.75) is 6.54 Å². The first-order chi connectivity index (χ1) is 14.6. The first kappa shape index (κ1) is 20.8. The first-order valence-corrected chi connectivity index (χ1v) is 10.8. The number of nitrogens with one attached hydrogen (secondary N) is 1. The van der Waals surface area contributed by atoms with E-state index in [9.17, 15) is 9.59 Å². The number of amides is 1. The Morgan fingerprint density at radius 3 is 2.57 bits per heavy atom. The molecule has 8 heteroatoms. The third-order valence-corrected chi connectivity index (χ3v) is 6.46. The summed E-state index contributed by atoms with van der Waals surface area (Å²) in [6.07, 6.45) is 0. The maximum atomic E-state index is 12.3. The minimum atomic E-state index is -0.600. The molecule has 0 atom stereocenters. The molecule has 2 heterocycles. The van der Waals surface area contributed by atoms with Gasteiger partial charge >= 0.3 is 5.97 Å². The average Bonchev–Trinajstić information content (AvgIpc) is 3.11. The van der Waals surface area contributed by atoms with Crippen molar-refractivity contribution in [1.82, 2.24) is 4.90 Å². The fourth-order valence-electron chi connectivity index (χ4n) is 3.25. The van der Waals surface area contributed by atoms with Crippen LogP contribution in [-0.2, 0) is 20.8 Å². The number of rotatable bonds is 6. The summed E-state index contributed by atoms with van der Waals surface area (Å²) in [5.74, 6) is -1.00. The topological polar surface area (TPSA) is 67.9 Å². The molecule has 0 saturated carbocycles. The number of hydrogen-bond donors (Lipinski definition) is 1. The fraction of sp³-hybridized carbons (Fsp3) is 0.273. The Balaban J connectivity index is 1.28. The molecule has 0 aliphatic carbocycles. The molecule has 2 aromatic carbocycles. The van der Waals surface area contributed by atoms with Crippen LogP contribution < -0.4 is 5.32 Å². The summed E-state index contributed by atoms with van der Waals surface area (Å²) < 4.78 is 11.4. The van der Waals surface area contributed by atoms with Crippen LogP contribution in [0.5, 0.6) is 0 Å². The Labute approximate surface area is 183 Å². The van der Waals surface area contributed by atoms with E-state index in [2.05, 4.69) is 10.2 Å². The molecule has 1 fully saturated rings. The number of anilines is 1. The number of halogens is 1. The molecule has 1 aliphatic rings. The molecular formula is C22H21ClN2O4S. The van der Waals surface area contributed by atoms with Crippen molar-refractivity contribution in [2.24, 2.45) is 0 Å². The van der Waals surface area contributed by atoms with Crippen LogP contribution in [0.25, 0.3) is 10.1 Å². The highest BCUT2D eigenvalue weighted by molar-refractivity contribution is 7.21. The second kappa shape index (κ2) is 9.57. The lowest BCUT2D eigenvalue weighted by Gasteiger charge is -2.26. The van der Waals surface area contributed by atoms with Crippen LogP contribution in [0.15, 0.2) is 48.5 Å². The molecule has 1 saturated heterocycles. The predicted molar refractivity (Wildman–Crippen MR) is 118 cm³/mol. The van der Waals surface area contributed by atoms with Gasteiger partial charge in [-0.25, -0.2) is 4.79 Å². The first-order valence-electron chi connectivity index (χ1n) is 9.63. The van der Waals surface area contributed by atoms with Crippen LogP contribution in [0.3, 0.4) is 0 Å². The SMILES string of the molecule is O=C(COC(=O)c1sc2ccccc2c1Cl)Nc1ccc(CN2CCOCC2)cc1. The summed E-state index contributed by atoms with van der Waals surface area (Å²) >= 11 is 7.53. The fourth-order valence-corrected chi connectivity index (χ4v) is 4.65. The summed E-state index contributed by atoms with van der Waals surface area (Å²) in [4.78, 5) is 27.1. The van der Waals surface area contributed by atoms with Crippen molar-refractivity contribution in [3.8, 4) is 0 Å². The Hall–Kier alpha value is -2.45. The summed E-state index contributed by atoms with van der Waals surface area (Å²) in [6.45, 7) is 3.85. The van der Waals surface area contributed by atoms with Crippen molar-refractivity contribution in [3.05, 3.63) is 64.0 Å². The molecule has 4 rings (SSSR count). The van der Waals surface area contributed by atoms with Gasteiger partial charge in [-0.3, -0.25) is 9.69 Å². The highest BCUT2D eigenvalue weighted by Crippen LogP contribution is 2.35. The smallest absolute Gasteiger partial charge is 0.350 e. The van der Waals surface area contributed by atoms with E-state index in [4.69, 9.17) is 21.1 Å². The molecule has 6 nitrogen and oxygen atoms in total. The molecule has 1 amide bonds. The number of carbonyl (C=O) groups excluding carboxylic acids is 2. The van der Waals surface area contributed by atoms with Gasteiger partial charge in [0.05, 0.1) is 18.2 Å². The maximum Gasteiger partial charge on any atom is 0.350 e. The summed E-state index contributed by atoms with van der Waals surface area (Å²) in [5, 5.41) is 3.90. The molecule has 1 N–H and O–H groups in total. The number of carbonyl (C=O) groups is 2. The van der Waals surface area contributed by atoms with Crippen LogP contribution in [-0.4, -0.2) is 49.7 Å². The van der Waals surface area contributed by atoms with Gasteiger partial charge in [-0.15, -0.1) is 11.3 Å². The molecule has 0 unspecified atom stereocenters. The number of hydrogen-bond acceptors (Lipinski definition) is 6. The lowest BCUT2D eigenvalue weighted by Crippen LogP contribution is -2.35. The second-order valence-corrected chi connectivity index (χ2v) is 8.38. The van der Waals surface area contributed by atoms with Crippen LogP contribution in [0.1, 0.15) is 15.2 Å². The summed E-state index contributed by atoms with van der Waals surface area (Å²) in [5.41, 5.74) is 1.82. The minimum Gasteiger partial charge on any atom is -0.451 e. The zero-order valence-corrected chi connectivity index (χ0v) is 17.8. The average molecular weight is 445 g/mol. The number of esters is 1. The van der Waals surface area contributed by atoms with Crippen LogP contribution in [0, 0.1) is 0 Å². The van der Waals surface area contributed by atoms with E-state index in [1.807, 2.05) is 48.5 Å². The van der Waals surface area contributed by atoms with Crippen molar-refractivity contribution in [2.75, 3.05) is 38.2 Å². The van der Waals surface area contributed by atoms with Crippen molar-refractivity contribution < 1.29 is 19.1 Å². The lowest BCUT2D eigenvalue weighted by atomic mass is 10.2. The van der Waals surface area contributed by atoms with Crippen molar-refractivity contribution >= 4 is 50.6 Å². The van der Waals surface area contributed by atoms with E-state index in [1.165, 1.54) is 16.9 Å². The molecule has 30 heavy (non-hydrogen) atoms. The van der Waals surface area contributed by atoms with Gasteiger partial charge < -0.3 is 14.8 Å². The third-order valence-electron chi connectivity index (χ3n) is 4.80. The maximum absolute atomic E-state index is 12.3. The van der Waals surface area contributed by atoms with Crippen molar-refractivity contribution in [1.29, 1.82) is 0 Å². The molecule has 3 aromatic rings. The van der Waals surface area contributed by atoms with E-state index in [0.29, 0.717) is 15.6 Å². The van der Waals surface area contributed by atoms with Gasteiger partial charge in [-0.1, -0.05) is 41.9 Å². The van der Waals surface area contributed by atoms with Gasteiger partial charge in [0.2, 0.25) is 0 Å². The third kappa shape index (κ3) is 4.99. The highest BCUT2D eigenvalue weighted by Gasteiger charge is 2.19. The second-order valence-electron chi connectivity index (χ2n) is 6.95. The van der Waals surface area contributed by atoms with E-state index in [-0.39, 0.29) is 6.61 Å². The zero-order chi connectivity index (χ0) is 20.9. The number of benzene rings is 2. The van der Waals surface area contributed by atoms with Gasteiger partial charge in [0.15, 0.2) is 6.61 Å². The van der Waals surface area contributed by atoms with Gasteiger partial charge in [-0.2, -0.15) is 0 Å². The lowest BCUT2D eigenvalue weighted by molar-refractivity contribution is -0.119. The number of thiophene rings is 1. The Bertz CT molecular complexity index is 1040. The van der Waals surface area contributed by atoms with Crippen molar-refractivity contribution in [3.63, 3.8) is 0 Å². The van der Waals surface area contributed by atoms with E-state index in [1.54, 1.807) is 0 Å². The van der Waals surface area contributed by atoms with Gasteiger partial charge in [0, 0.05) is 35.4 Å². The minimum absolute atomic E-state index is 0.304. The van der Waals surface area contributed by atoms with Crippen LogP contribution in [0.2, 0.25) is 5.02 Å². The number of morpholine rings is 1. The largest absolute Gasteiger partial charge is 0.451 e. The van der Waals surface area contributed by atoms with E-state index in [0.717, 1.165) is 42.9 Å². The highest BCUT2D eigenvalue weighted by atomic mass is 35.5. The summed E-state index contributed by atoms with van der Waals surface area (Å²) in [7, 11) is 0. The Kier molecular flexibility index (Phi) is 6.64.